The molecule has 0 bridgehead atoms. The van der Waals surface area contributed by atoms with Crippen LogP contribution in [-0.2, 0) is 19.4 Å². The number of benzene rings is 2. The summed E-state index contributed by atoms with van der Waals surface area (Å²) in [7, 11) is 0. The highest BCUT2D eigenvalue weighted by atomic mass is 32.1. The molecule has 0 spiro atoms. The van der Waals surface area contributed by atoms with Gasteiger partial charge < -0.3 is 9.88 Å². The van der Waals surface area contributed by atoms with Crippen molar-refractivity contribution in [1.82, 2.24) is 14.9 Å². The van der Waals surface area contributed by atoms with Crippen LogP contribution in [0.3, 0.4) is 0 Å². The smallest absolute Gasteiger partial charge is 0.261 e. The van der Waals surface area contributed by atoms with E-state index in [9.17, 15) is 4.79 Å². The zero-order chi connectivity index (χ0) is 18.5. The van der Waals surface area contributed by atoms with Gasteiger partial charge in [0.25, 0.3) is 5.91 Å². The fourth-order valence-electron chi connectivity index (χ4n) is 3.23. The minimum absolute atomic E-state index is 0.0167. The molecule has 27 heavy (non-hydrogen) atoms. The third-order valence-electron chi connectivity index (χ3n) is 4.58. The van der Waals surface area contributed by atoms with Gasteiger partial charge in [-0.05, 0) is 35.6 Å². The minimum atomic E-state index is -0.0167. The predicted octanol–water partition coefficient (Wildman–Crippen LogP) is 4.31. The van der Waals surface area contributed by atoms with E-state index < -0.39 is 0 Å². The van der Waals surface area contributed by atoms with E-state index in [1.54, 1.807) is 0 Å². The molecule has 0 fully saturated rings. The number of fused-ring (bicyclic) bond motifs is 1. The summed E-state index contributed by atoms with van der Waals surface area (Å²) in [4.78, 5) is 17.7. The second-order valence-electron chi connectivity index (χ2n) is 6.39. The van der Waals surface area contributed by atoms with Gasteiger partial charge >= 0.3 is 0 Å². The molecule has 2 aromatic carbocycles. The number of carbonyl (C=O) groups is 1. The molecule has 4 rings (SSSR count). The van der Waals surface area contributed by atoms with Crippen LogP contribution in [0.15, 0.2) is 72.1 Å². The topological polar surface area (TPSA) is 46.9 Å². The molecule has 4 aromatic rings. The number of hydrogen-bond donors (Lipinski definition) is 1. The van der Waals surface area contributed by atoms with Crippen molar-refractivity contribution in [2.24, 2.45) is 0 Å². The van der Waals surface area contributed by atoms with Gasteiger partial charge in [-0.25, -0.2) is 4.98 Å². The maximum Gasteiger partial charge on any atom is 0.261 e. The van der Waals surface area contributed by atoms with Crippen molar-refractivity contribution in [3.63, 3.8) is 0 Å². The number of para-hydroxylation sites is 2. The Morgan fingerprint density at radius 2 is 1.78 bits per heavy atom. The van der Waals surface area contributed by atoms with E-state index in [1.165, 1.54) is 16.9 Å². The summed E-state index contributed by atoms with van der Waals surface area (Å²) >= 11 is 1.46. The molecule has 0 aliphatic heterocycles. The number of hydrogen-bond acceptors (Lipinski definition) is 3. The molecule has 0 unspecified atom stereocenters. The molecule has 1 N–H and O–H groups in total. The lowest BCUT2D eigenvalue weighted by molar-refractivity contribution is 0.0958. The van der Waals surface area contributed by atoms with Crippen LogP contribution < -0.4 is 5.32 Å². The second-order valence-corrected chi connectivity index (χ2v) is 7.33. The SMILES string of the molecule is O=C(NCCc1nc2ccccc2n1CCc1ccccc1)c1cccs1. The van der Waals surface area contributed by atoms with Gasteiger partial charge in [-0.15, -0.1) is 11.3 Å². The van der Waals surface area contributed by atoms with Crippen molar-refractivity contribution in [2.75, 3.05) is 6.54 Å². The Balaban J connectivity index is 1.48. The van der Waals surface area contributed by atoms with Crippen LogP contribution in [0.5, 0.6) is 0 Å². The van der Waals surface area contributed by atoms with Gasteiger partial charge in [-0.3, -0.25) is 4.79 Å². The maximum atomic E-state index is 12.1. The molecule has 2 aromatic heterocycles. The van der Waals surface area contributed by atoms with Gasteiger partial charge in [-0.2, -0.15) is 0 Å². The first-order valence-corrected chi connectivity index (χ1v) is 9.99. The number of thiophene rings is 1. The molecular formula is C22H21N3OS. The molecule has 1 amide bonds. The highest BCUT2D eigenvalue weighted by Gasteiger charge is 2.11. The monoisotopic (exact) mass is 375 g/mol. The third-order valence-corrected chi connectivity index (χ3v) is 5.45. The second kappa shape index (κ2) is 8.18. The molecule has 0 saturated carbocycles. The molecule has 0 saturated heterocycles. The molecule has 0 atom stereocenters. The Labute approximate surface area is 162 Å². The zero-order valence-corrected chi connectivity index (χ0v) is 15.8. The van der Waals surface area contributed by atoms with Crippen LogP contribution in [0.1, 0.15) is 21.1 Å². The van der Waals surface area contributed by atoms with E-state index in [4.69, 9.17) is 4.98 Å². The number of aromatic nitrogens is 2. The highest BCUT2D eigenvalue weighted by molar-refractivity contribution is 7.12. The van der Waals surface area contributed by atoms with Gasteiger partial charge in [-0.1, -0.05) is 48.5 Å². The molecular weight excluding hydrogens is 354 g/mol. The normalized spacial score (nSPS) is 11.0. The number of nitrogens with zero attached hydrogens (tertiary/aromatic N) is 2. The Bertz CT molecular complexity index is 1020. The van der Waals surface area contributed by atoms with Gasteiger partial charge in [0.05, 0.1) is 15.9 Å². The van der Waals surface area contributed by atoms with E-state index in [2.05, 4.69) is 40.2 Å². The lowest BCUT2D eigenvalue weighted by atomic mass is 10.1. The van der Waals surface area contributed by atoms with E-state index in [0.717, 1.165) is 34.7 Å². The average molecular weight is 375 g/mol. The Kier molecular flexibility index (Phi) is 5.30. The first kappa shape index (κ1) is 17.5. The molecule has 0 aliphatic carbocycles. The van der Waals surface area contributed by atoms with E-state index in [1.807, 2.05) is 41.8 Å². The maximum absolute atomic E-state index is 12.1. The van der Waals surface area contributed by atoms with Crippen molar-refractivity contribution >= 4 is 28.3 Å². The number of carbonyl (C=O) groups excluding carboxylic acids is 1. The molecule has 0 radical (unpaired) electrons. The summed E-state index contributed by atoms with van der Waals surface area (Å²) in [6, 6.07) is 22.4. The van der Waals surface area contributed by atoms with Crippen LogP contribution in [0.25, 0.3) is 11.0 Å². The van der Waals surface area contributed by atoms with Crippen molar-refractivity contribution in [3.8, 4) is 0 Å². The van der Waals surface area contributed by atoms with Crippen molar-refractivity contribution < 1.29 is 4.79 Å². The van der Waals surface area contributed by atoms with E-state index >= 15 is 0 Å². The standard InChI is InChI=1S/C22H21N3OS/c26-22(20-11-6-16-27-20)23-14-12-21-24-18-9-4-5-10-19(18)25(21)15-13-17-7-2-1-3-8-17/h1-11,16H,12-15H2,(H,23,26). The predicted molar refractivity (Wildman–Crippen MR) is 110 cm³/mol. The summed E-state index contributed by atoms with van der Waals surface area (Å²) in [5.41, 5.74) is 3.46. The van der Waals surface area contributed by atoms with Crippen LogP contribution in [0, 0.1) is 0 Å². The Morgan fingerprint density at radius 3 is 2.59 bits per heavy atom. The molecule has 5 heteroatoms. The third kappa shape index (κ3) is 4.09. The summed E-state index contributed by atoms with van der Waals surface area (Å²) in [5, 5.41) is 4.91. The van der Waals surface area contributed by atoms with Gasteiger partial charge in [0.1, 0.15) is 5.82 Å². The number of amides is 1. The summed E-state index contributed by atoms with van der Waals surface area (Å²) in [6.07, 6.45) is 1.66. The van der Waals surface area contributed by atoms with Crippen LogP contribution >= 0.6 is 11.3 Å². The summed E-state index contributed by atoms with van der Waals surface area (Å²) < 4.78 is 2.28. The van der Waals surface area contributed by atoms with Crippen molar-refractivity contribution in [3.05, 3.63) is 88.4 Å². The largest absolute Gasteiger partial charge is 0.351 e. The fraction of sp³-hybridized carbons (Fsp3) is 0.182. The average Bonchev–Trinajstić information content (AvgIpc) is 3.35. The first-order chi connectivity index (χ1) is 13.3. The Morgan fingerprint density at radius 1 is 0.963 bits per heavy atom. The number of imidazole rings is 1. The van der Waals surface area contributed by atoms with Gasteiger partial charge in [0.2, 0.25) is 0 Å². The number of aryl methyl sites for hydroxylation is 2. The zero-order valence-electron chi connectivity index (χ0n) is 15.0. The Hall–Kier alpha value is -2.92. The highest BCUT2D eigenvalue weighted by Crippen LogP contribution is 2.17. The number of rotatable bonds is 7. The summed E-state index contributed by atoms with van der Waals surface area (Å²) in [5.74, 6) is 0.996. The van der Waals surface area contributed by atoms with Crippen molar-refractivity contribution in [1.29, 1.82) is 0 Å². The lowest BCUT2D eigenvalue weighted by Gasteiger charge is -2.10. The van der Waals surface area contributed by atoms with Gasteiger partial charge in [0.15, 0.2) is 0 Å². The van der Waals surface area contributed by atoms with E-state index in [-0.39, 0.29) is 5.91 Å². The van der Waals surface area contributed by atoms with Crippen LogP contribution in [0.2, 0.25) is 0 Å². The van der Waals surface area contributed by atoms with E-state index in [0.29, 0.717) is 13.0 Å². The molecule has 2 heterocycles. The number of nitrogens with one attached hydrogen (secondary N) is 1. The molecule has 0 aliphatic rings. The lowest BCUT2D eigenvalue weighted by Crippen LogP contribution is -2.25. The van der Waals surface area contributed by atoms with Crippen molar-refractivity contribution in [2.45, 2.75) is 19.4 Å². The quantitative estimate of drug-likeness (QED) is 0.523. The summed E-state index contributed by atoms with van der Waals surface area (Å²) in [6.45, 7) is 1.45. The molecule has 136 valence electrons. The van der Waals surface area contributed by atoms with Crippen LogP contribution in [-0.4, -0.2) is 22.0 Å². The van der Waals surface area contributed by atoms with Gasteiger partial charge in [0, 0.05) is 19.5 Å². The van der Waals surface area contributed by atoms with Crippen LogP contribution in [0.4, 0.5) is 0 Å². The minimum Gasteiger partial charge on any atom is -0.351 e. The fourth-order valence-corrected chi connectivity index (χ4v) is 3.87. The first-order valence-electron chi connectivity index (χ1n) is 9.11. The molecule has 4 nitrogen and oxygen atoms in total.